The number of aromatic amines is 1. The number of carbonyl (C=O) groups is 1. The number of nitrogens with one attached hydrogen (secondary N) is 1. The van der Waals surface area contributed by atoms with Gasteiger partial charge in [0.05, 0.1) is 22.2 Å². The van der Waals surface area contributed by atoms with Crippen molar-refractivity contribution in [2.45, 2.75) is 19.8 Å². The van der Waals surface area contributed by atoms with Crippen molar-refractivity contribution in [3.05, 3.63) is 51.8 Å². The molecule has 0 radical (unpaired) electrons. The van der Waals surface area contributed by atoms with Crippen molar-refractivity contribution in [1.82, 2.24) is 19.9 Å². The number of hydrogen-bond acceptors (Lipinski definition) is 7. The van der Waals surface area contributed by atoms with E-state index in [2.05, 4.69) is 19.9 Å². The van der Waals surface area contributed by atoms with Crippen LogP contribution in [0.5, 0.6) is 5.75 Å². The third-order valence-electron chi connectivity index (χ3n) is 5.46. The van der Waals surface area contributed by atoms with Crippen LogP contribution >= 0.6 is 11.3 Å². The number of aromatic nitrogens is 3. The normalized spacial score (nSPS) is 12.5. The summed E-state index contributed by atoms with van der Waals surface area (Å²) in [6.45, 7) is 3.22. The molecule has 0 aliphatic carbocycles. The first kappa shape index (κ1) is 22.1. The smallest absolute Gasteiger partial charge is 0.259 e. The topological polar surface area (TPSA) is 88.2 Å². The summed E-state index contributed by atoms with van der Waals surface area (Å²) < 4.78 is 7.07. The molecule has 1 atom stereocenters. The summed E-state index contributed by atoms with van der Waals surface area (Å²) in [5.41, 5.74) is 1.87. The fraction of sp³-hybridized carbons (Fsp3) is 0.333. The van der Waals surface area contributed by atoms with Crippen LogP contribution in [0.4, 0.5) is 0 Å². The van der Waals surface area contributed by atoms with E-state index in [0.717, 1.165) is 34.9 Å². The number of H-pyrrole nitrogens is 1. The van der Waals surface area contributed by atoms with Gasteiger partial charge in [-0.3, -0.25) is 9.78 Å². The van der Waals surface area contributed by atoms with Crippen LogP contribution in [0, 0.1) is 12.8 Å². The number of fused-ring (bicyclic) bond motifs is 2. The molecule has 0 amide bonds. The number of pyridine rings is 1. The summed E-state index contributed by atoms with van der Waals surface area (Å²) in [4.78, 5) is 38.0. The SMILES string of the molecule is Cc1cc(OCC(CC=O)CCN(C)C)cc2c(=O)[nH]c(-c3cc4ccsc4cn3)nc12. The van der Waals surface area contributed by atoms with Crippen LogP contribution in [0.2, 0.25) is 0 Å². The van der Waals surface area contributed by atoms with Gasteiger partial charge in [0, 0.05) is 18.5 Å². The Morgan fingerprint density at radius 2 is 2.12 bits per heavy atom. The third-order valence-corrected chi connectivity index (χ3v) is 6.32. The van der Waals surface area contributed by atoms with E-state index in [-0.39, 0.29) is 11.5 Å². The molecule has 1 N–H and O–H groups in total. The fourth-order valence-corrected chi connectivity index (χ4v) is 4.38. The van der Waals surface area contributed by atoms with Crippen LogP contribution in [-0.2, 0) is 4.79 Å². The van der Waals surface area contributed by atoms with Gasteiger partial charge in [-0.1, -0.05) is 0 Å². The standard InChI is InChI=1S/C24H26N4O3S/c1-15-10-18(31-14-16(5-8-29)4-7-28(2)3)12-19-22(15)26-23(27-24(19)30)20-11-17-6-9-32-21(17)13-25-20/h6,8-13,16H,4-5,7,14H2,1-3H3,(H,26,27,30). The first-order valence-corrected chi connectivity index (χ1v) is 11.4. The highest BCUT2D eigenvalue weighted by Gasteiger charge is 2.14. The van der Waals surface area contributed by atoms with E-state index in [9.17, 15) is 9.59 Å². The number of benzene rings is 1. The molecule has 7 nitrogen and oxygen atoms in total. The molecule has 3 heterocycles. The van der Waals surface area contributed by atoms with E-state index in [1.54, 1.807) is 23.6 Å². The molecule has 4 rings (SSSR count). The molecular weight excluding hydrogens is 424 g/mol. The van der Waals surface area contributed by atoms with Gasteiger partial charge in [-0.15, -0.1) is 11.3 Å². The lowest BCUT2D eigenvalue weighted by Crippen LogP contribution is -2.21. The number of hydrogen-bond donors (Lipinski definition) is 1. The van der Waals surface area contributed by atoms with Crippen molar-refractivity contribution >= 4 is 38.6 Å². The zero-order valence-electron chi connectivity index (χ0n) is 18.4. The van der Waals surface area contributed by atoms with Gasteiger partial charge in [0.25, 0.3) is 5.56 Å². The molecule has 0 spiro atoms. The Hall–Kier alpha value is -3.10. The maximum Gasteiger partial charge on any atom is 0.259 e. The lowest BCUT2D eigenvalue weighted by Gasteiger charge is -2.18. The molecule has 1 aromatic carbocycles. The number of ether oxygens (including phenoxy) is 1. The Morgan fingerprint density at radius 3 is 2.91 bits per heavy atom. The number of nitrogens with zero attached hydrogens (tertiary/aromatic N) is 3. The summed E-state index contributed by atoms with van der Waals surface area (Å²) >= 11 is 1.62. The number of thiophene rings is 1. The first-order valence-electron chi connectivity index (χ1n) is 10.5. The van der Waals surface area contributed by atoms with E-state index in [0.29, 0.717) is 41.2 Å². The molecule has 8 heteroatoms. The minimum atomic E-state index is -0.234. The molecular formula is C24H26N4O3S. The van der Waals surface area contributed by atoms with Crippen LogP contribution < -0.4 is 10.3 Å². The monoisotopic (exact) mass is 450 g/mol. The lowest BCUT2D eigenvalue weighted by atomic mass is 10.0. The van der Waals surface area contributed by atoms with E-state index < -0.39 is 0 Å². The summed E-state index contributed by atoms with van der Waals surface area (Å²) in [6, 6.07) is 7.56. The number of aryl methyl sites for hydroxylation is 1. The van der Waals surface area contributed by atoms with E-state index in [1.807, 2.05) is 44.6 Å². The molecule has 4 aromatic rings. The van der Waals surface area contributed by atoms with Crippen molar-refractivity contribution in [3.63, 3.8) is 0 Å². The molecule has 1 unspecified atom stereocenters. The van der Waals surface area contributed by atoms with Crippen LogP contribution in [-0.4, -0.2) is 53.4 Å². The predicted octanol–water partition coefficient (Wildman–Crippen LogP) is 4.04. The Balaban J connectivity index is 1.61. The summed E-state index contributed by atoms with van der Waals surface area (Å²) in [5, 5.41) is 3.56. The molecule has 0 bridgehead atoms. The molecule has 0 aliphatic heterocycles. The Kier molecular flexibility index (Phi) is 6.62. The first-order chi connectivity index (χ1) is 15.4. The highest BCUT2D eigenvalue weighted by molar-refractivity contribution is 7.17. The summed E-state index contributed by atoms with van der Waals surface area (Å²) in [7, 11) is 4.01. The molecule has 166 valence electrons. The van der Waals surface area contributed by atoms with E-state index >= 15 is 0 Å². The number of carbonyl (C=O) groups excluding carboxylic acids is 1. The van der Waals surface area contributed by atoms with Gasteiger partial charge in [0.15, 0.2) is 5.82 Å². The highest BCUT2D eigenvalue weighted by Crippen LogP contribution is 2.26. The second kappa shape index (κ2) is 9.58. The average Bonchev–Trinajstić information content (AvgIpc) is 3.24. The Morgan fingerprint density at radius 1 is 1.28 bits per heavy atom. The van der Waals surface area contributed by atoms with Crippen molar-refractivity contribution in [1.29, 1.82) is 0 Å². The zero-order chi connectivity index (χ0) is 22.7. The lowest BCUT2D eigenvalue weighted by molar-refractivity contribution is -0.108. The summed E-state index contributed by atoms with van der Waals surface area (Å²) in [5.74, 6) is 1.18. The Labute approximate surface area is 190 Å². The average molecular weight is 451 g/mol. The largest absolute Gasteiger partial charge is 0.493 e. The second-order valence-electron chi connectivity index (χ2n) is 8.25. The number of rotatable bonds is 9. The van der Waals surface area contributed by atoms with Gasteiger partial charge < -0.3 is 19.4 Å². The minimum Gasteiger partial charge on any atom is -0.493 e. The second-order valence-corrected chi connectivity index (χ2v) is 9.20. The quantitative estimate of drug-likeness (QED) is 0.387. The molecule has 0 aliphatic rings. The van der Waals surface area contributed by atoms with Gasteiger partial charge in [0.1, 0.15) is 17.7 Å². The molecule has 0 saturated carbocycles. The highest BCUT2D eigenvalue weighted by atomic mass is 32.1. The van der Waals surface area contributed by atoms with Crippen LogP contribution in [0.3, 0.4) is 0 Å². The van der Waals surface area contributed by atoms with Gasteiger partial charge >= 0.3 is 0 Å². The maximum atomic E-state index is 12.9. The molecule has 3 aromatic heterocycles. The van der Waals surface area contributed by atoms with E-state index in [4.69, 9.17) is 4.74 Å². The molecule has 0 fully saturated rings. The zero-order valence-corrected chi connectivity index (χ0v) is 19.2. The van der Waals surface area contributed by atoms with Gasteiger partial charge in [0.2, 0.25) is 0 Å². The minimum absolute atomic E-state index is 0.128. The predicted molar refractivity (Wildman–Crippen MR) is 129 cm³/mol. The van der Waals surface area contributed by atoms with Gasteiger partial charge in [-0.05, 0) is 74.6 Å². The Bertz CT molecular complexity index is 1310. The maximum absolute atomic E-state index is 12.9. The van der Waals surface area contributed by atoms with Crippen molar-refractivity contribution in [2.24, 2.45) is 5.92 Å². The fourth-order valence-electron chi connectivity index (χ4n) is 3.64. The van der Waals surface area contributed by atoms with Crippen LogP contribution in [0.25, 0.3) is 32.5 Å². The number of aldehydes is 1. The van der Waals surface area contributed by atoms with Crippen LogP contribution in [0.1, 0.15) is 18.4 Å². The van der Waals surface area contributed by atoms with Crippen LogP contribution in [0.15, 0.2) is 40.6 Å². The van der Waals surface area contributed by atoms with Crippen molar-refractivity contribution in [2.75, 3.05) is 27.2 Å². The summed E-state index contributed by atoms with van der Waals surface area (Å²) in [6.07, 6.45) is 4.06. The van der Waals surface area contributed by atoms with Crippen molar-refractivity contribution in [3.8, 4) is 17.3 Å². The van der Waals surface area contributed by atoms with Gasteiger partial charge in [-0.25, -0.2) is 4.98 Å². The molecule has 0 saturated heterocycles. The third kappa shape index (κ3) is 4.87. The van der Waals surface area contributed by atoms with E-state index in [1.165, 1.54) is 0 Å². The van der Waals surface area contributed by atoms with Crippen molar-refractivity contribution < 1.29 is 9.53 Å². The van der Waals surface area contributed by atoms with Gasteiger partial charge in [-0.2, -0.15) is 0 Å². The molecule has 32 heavy (non-hydrogen) atoms.